The largest absolute Gasteiger partial charge is 0.459 e. The summed E-state index contributed by atoms with van der Waals surface area (Å²) in [6.45, 7) is 0.00308. The average molecular weight is 227 g/mol. The number of carbonyl (C=O) groups is 1. The first-order valence-electron chi connectivity index (χ1n) is 4.93. The summed E-state index contributed by atoms with van der Waals surface area (Å²) in [5.74, 6) is -1.22. The standard InChI is InChI=1S/C11H14FNO3/c12-9-4-2-1-3-8(9)7-16-11(15)10(14)5-6-13/h1-4,10,14H,5-7,13H2/t10-/m0/s1. The van der Waals surface area contributed by atoms with Crippen molar-refractivity contribution in [2.75, 3.05) is 6.54 Å². The van der Waals surface area contributed by atoms with Crippen molar-refractivity contribution >= 4 is 5.97 Å². The molecule has 16 heavy (non-hydrogen) atoms. The predicted molar refractivity (Wildman–Crippen MR) is 55.9 cm³/mol. The highest BCUT2D eigenvalue weighted by Crippen LogP contribution is 2.08. The molecule has 0 aliphatic carbocycles. The molecule has 5 heteroatoms. The smallest absolute Gasteiger partial charge is 0.335 e. The van der Waals surface area contributed by atoms with Gasteiger partial charge in [0.05, 0.1) is 0 Å². The fraction of sp³-hybridized carbons (Fsp3) is 0.364. The molecule has 0 aromatic heterocycles. The van der Waals surface area contributed by atoms with Crippen molar-refractivity contribution in [3.8, 4) is 0 Å². The second-order valence-corrected chi connectivity index (χ2v) is 3.29. The molecule has 1 rings (SSSR count). The van der Waals surface area contributed by atoms with Crippen LogP contribution in [0.2, 0.25) is 0 Å². The molecule has 0 aliphatic heterocycles. The highest BCUT2D eigenvalue weighted by atomic mass is 19.1. The quantitative estimate of drug-likeness (QED) is 0.722. The molecular weight excluding hydrogens is 213 g/mol. The molecule has 0 radical (unpaired) electrons. The van der Waals surface area contributed by atoms with Gasteiger partial charge in [-0.2, -0.15) is 0 Å². The summed E-state index contributed by atoms with van der Waals surface area (Å²) in [5, 5.41) is 9.22. The Morgan fingerprint density at radius 3 is 2.81 bits per heavy atom. The Hall–Kier alpha value is -1.46. The highest BCUT2D eigenvalue weighted by Gasteiger charge is 2.15. The third-order valence-electron chi connectivity index (χ3n) is 2.04. The monoisotopic (exact) mass is 227 g/mol. The minimum Gasteiger partial charge on any atom is -0.459 e. The molecule has 1 atom stereocenters. The molecule has 0 unspecified atom stereocenters. The van der Waals surface area contributed by atoms with Crippen molar-refractivity contribution in [1.82, 2.24) is 0 Å². The van der Waals surface area contributed by atoms with Gasteiger partial charge in [0, 0.05) is 5.56 Å². The third-order valence-corrected chi connectivity index (χ3v) is 2.04. The Balaban J connectivity index is 2.46. The van der Waals surface area contributed by atoms with Gasteiger partial charge >= 0.3 is 5.97 Å². The number of carbonyl (C=O) groups excluding carboxylic acids is 1. The van der Waals surface area contributed by atoms with Crippen LogP contribution in [0.5, 0.6) is 0 Å². The Morgan fingerprint density at radius 1 is 1.50 bits per heavy atom. The van der Waals surface area contributed by atoms with E-state index in [4.69, 9.17) is 10.5 Å². The van der Waals surface area contributed by atoms with E-state index in [0.29, 0.717) is 0 Å². The Bertz CT molecular complexity index is 357. The lowest BCUT2D eigenvalue weighted by molar-refractivity contribution is -0.155. The number of halogens is 1. The molecule has 4 nitrogen and oxygen atoms in total. The van der Waals surface area contributed by atoms with Crippen LogP contribution in [0.1, 0.15) is 12.0 Å². The summed E-state index contributed by atoms with van der Waals surface area (Å²) in [6.07, 6.45) is -1.10. The number of aliphatic hydroxyl groups excluding tert-OH is 1. The van der Waals surface area contributed by atoms with Crippen LogP contribution in [0.25, 0.3) is 0 Å². The lowest BCUT2D eigenvalue weighted by Crippen LogP contribution is -2.25. The summed E-state index contributed by atoms with van der Waals surface area (Å²) < 4.78 is 17.9. The SMILES string of the molecule is NCC[C@H](O)C(=O)OCc1ccccc1F. The number of ether oxygens (including phenoxy) is 1. The van der Waals surface area contributed by atoms with Gasteiger partial charge in [0.1, 0.15) is 12.4 Å². The number of aliphatic hydroxyl groups is 1. The van der Waals surface area contributed by atoms with Crippen molar-refractivity contribution in [3.63, 3.8) is 0 Å². The molecule has 0 aliphatic rings. The van der Waals surface area contributed by atoms with Crippen molar-refractivity contribution < 1.29 is 19.0 Å². The maximum Gasteiger partial charge on any atom is 0.335 e. The number of benzene rings is 1. The van der Waals surface area contributed by atoms with Crippen LogP contribution in [0.3, 0.4) is 0 Å². The zero-order valence-corrected chi connectivity index (χ0v) is 8.73. The van der Waals surface area contributed by atoms with Crippen molar-refractivity contribution in [3.05, 3.63) is 35.6 Å². The van der Waals surface area contributed by atoms with E-state index in [1.165, 1.54) is 12.1 Å². The topological polar surface area (TPSA) is 72.5 Å². The zero-order chi connectivity index (χ0) is 12.0. The van der Waals surface area contributed by atoms with E-state index in [2.05, 4.69) is 0 Å². The van der Waals surface area contributed by atoms with Crippen molar-refractivity contribution in [1.29, 1.82) is 0 Å². The molecular formula is C11H14FNO3. The fourth-order valence-corrected chi connectivity index (χ4v) is 1.14. The first kappa shape index (κ1) is 12.6. The van der Waals surface area contributed by atoms with Gasteiger partial charge in [-0.3, -0.25) is 0 Å². The number of hydrogen-bond donors (Lipinski definition) is 2. The molecule has 88 valence electrons. The van der Waals surface area contributed by atoms with Gasteiger partial charge in [-0.1, -0.05) is 18.2 Å². The lowest BCUT2D eigenvalue weighted by atomic mass is 10.2. The van der Waals surface area contributed by atoms with Crippen LogP contribution >= 0.6 is 0 Å². The van der Waals surface area contributed by atoms with Crippen LogP contribution in [0.15, 0.2) is 24.3 Å². The molecule has 0 fully saturated rings. The minimum absolute atomic E-state index is 0.135. The van der Waals surface area contributed by atoms with Crippen molar-refractivity contribution in [2.24, 2.45) is 5.73 Å². The predicted octanol–water partition coefficient (Wildman–Crippen LogP) is 0.579. The maximum atomic E-state index is 13.1. The van der Waals surface area contributed by atoms with E-state index >= 15 is 0 Å². The number of nitrogens with two attached hydrogens (primary N) is 1. The molecule has 0 saturated heterocycles. The lowest BCUT2D eigenvalue weighted by Gasteiger charge is -2.09. The van der Waals surface area contributed by atoms with Crippen LogP contribution in [0.4, 0.5) is 4.39 Å². The van der Waals surface area contributed by atoms with Gasteiger partial charge in [0.15, 0.2) is 6.10 Å². The van der Waals surface area contributed by atoms with E-state index in [0.717, 1.165) is 0 Å². The van der Waals surface area contributed by atoms with Crippen LogP contribution in [0, 0.1) is 5.82 Å². The summed E-state index contributed by atoms with van der Waals surface area (Å²) in [5.41, 5.74) is 5.44. The molecule has 1 aromatic carbocycles. The van der Waals surface area contributed by atoms with Gasteiger partial charge in [0.25, 0.3) is 0 Å². The van der Waals surface area contributed by atoms with Gasteiger partial charge in [-0.15, -0.1) is 0 Å². The van der Waals surface area contributed by atoms with E-state index in [-0.39, 0.29) is 25.1 Å². The normalized spacial score (nSPS) is 12.2. The first-order chi connectivity index (χ1) is 7.65. The maximum absolute atomic E-state index is 13.1. The minimum atomic E-state index is -1.24. The number of esters is 1. The highest BCUT2D eigenvalue weighted by molar-refractivity contribution is 5.74. The number of hydrogen-bond acceptors (Lipinski definition) is 4. The van der Waals surface area contributed by atoms with E-state index in [1.54, 1.807) is 12.1 Å². The Morgan fingerprint density at radius 2 is 2.19 bits per heavy atom. The molecule has 0 amide bonds. The zero-order valence-electron chi connectivity index (χ0n) is 8.73. The summed E-state index contributed by atoms with van der Waals surface area (Å²) in [4.78, 5) is 11.2. The van der Waals surface area contributed by atoms with Crippen molar-refractivity contribution in [2.45, 2.75) is 19.1 Å². The van der Waals surface area contributed by atoms with Crippen LogP contribution in [-0.4, -0.2) is 23.7 Å². The van der Waals surface area contributed by atoms with E-state index in [9.17, 15) is 14.3 Å². The van der Waals surface area contributed by atoms with Gasteiger partial charge in [0.2, 0.25) is 0 Å². The molecule has 0 bridgehead atoms. The molecule has 1 aromatic rings. The van der Waals surface area contributed by atoms with Crippen LogP contribution < -0.4 is 5.73 Å². The van der Waals surface area contributed by atoms with Gasteiger partial charge in [-0.05, 0) is 19.0 Å². The second kappa shape index (κ2) is 6.19. The average Bonchev–Trinajstić information content (AvgIpc) is 2.28. The summed E-state index contributed by atoms with van der Waals surface area (Å²) in [7, 11) is 0. The van der Waals surface area contributed by atoms with Crippen LogP contribution in [-0.2, 0) is 16.1 Å². The van der Waals surface area contributed by atoms with E-state index in [1.807, 2.05) is 0 Å². The van der Waals surface area contributed by atoms with Gasteiger partial charge in [-0.25, -0.2) is 9.18 Å². The summed E-state index contributed by atoms with van der Waals surface area (Å²) >= 11 is 0. The molecule has 3 N–H and O–H groups in total. The molecule has 0 saturated carbocycles. The second-order valence-electron chi connectivity index (χ2n) is 3.29. The Kier molecular flexibility index (Phi) is 4.88. The van der Waals surface area contributed by atoms with Gasteiger partial charge < -0.3 is 15.6 Å². The molecule has 0 spiro atoms. The fourth-order valence-electron chi connectivity index (χ4n) is 1.14. The first-order valence-corrected chi connectivity index (χ1v) is 4.93. The Labute approximate surface area is 92.8 Å². The molecule has 0 heterocycles. The third kappa shape index (κ3) is 3.60. The summed E-state index contributed by atoms with van der Waals surface area (Å²) in [6, 6.07) is 5.98. The number of rotatable bonds is 5. The van der Waals surface area contributed by atoms with E-state index < -0.39 is 17.9 Å².